The zero-order valence-corrected chi connectivity index (χ0v) is 24.0. The fraction of sp³-hybridized carbons (Fsp3) is 0.586. The summed E-state index contributed by atoms with van der Waals surface area (Å²) in [5.41, 5.74) is 0.101. The first-order valence-electron chi connectivity index (χ1n) is 13.9. The highest BCUT2D eigenvalue weighted by atomic mass is 16.6. The number of carbonyl (C=O) groups is 4. The Morgan fingerprint density at radius 3 is 2.48 bits per heavy atom. The lowest BCUT2D eigenvalue weighted by molar-refractivity contribution is -0.134. The maximum absolute atomic E-state index is 13.6. The monoisotopic (exact) mass is 555 g/mol. The summed E-state index contributed by atoms with van der Waals surface area (Å²) in [7, 11) is 0. The van der Waals surface area contributed by atoms with Crippen molar-refractivity contribution in [3.05, 3.63) is 36.0 Å². The lowest BCUT2D eigenvalue weighted by Gasteiger charge is -2.42. The van der Waals surface area contributed by atoms with E-state index in [1.54, 1.807) is 33.0 Å². The van der Waals surface area contributed by atoms with Crippen molar-refractivity contribution in [2.75, 3.05) is 26.3 Å². The first-order chi connectivity index (χ1) is 18.9. The van der Waals surface area contributed by atoms with Crippen molar-refractivity contribution in [1.82, 2.24) is 25.8 Å². The Labute approximate surface area is 234 Å². The van der Waals surface area contributed by atoms with Crippen molar-refractivity contribution >= 4 is 34.7 Å². The molecule has 2 atom stereocenters. The number of carbonyl (C=O) groups excluding carboxylic acids is 4. The summed E-state index contributed by atoms with van der Waals surface area (Å²) in [6, 6.07) is 5.60. The van der Waals surface area contributed by atoms with Crippen LogP contribution in [0.5, 0.6) is 0 Å². The van der Waals surface area contributed by atoms with Gasteiger partial charge < -0.3 is 25.4 Å². The molecule has 218 valence electrons. The van der Waals surface area contributed by atoms with Crippen molar-refractivity contribution in [3.63, 3.8) is 0 Å². The van der Waals surface area contributed by atoms with Crippen LogP contribution in [-0.4, -0.2) is 77.9 Å². The summed E-state index contributed by atoms with van der Waals surface area (Å²) < 4.78 is 12.4. The zero-order chi connectivity index (χ0) is 29.1. The van der Waals surface area contributed by atoms with E-state index in [0.717, 1.165) is 11.8 Å². The smallest absolute Gasteiger partial charge is 0.419 e. The van der Waals surface area contributed by atoms with E-state index in [0.29, 0.717) is 43.2 Å². The number of nitrogens with one attached hydrogen (secondary N) is 4. The van der Waals surface area contributed by atoms with Crippen LogP contribution >= 0.6 is 0 Å². The van der Waals surface area contributed by atoms with Gasteiger partial charge in [-0.2, -0.15) is 0 Å². The molecule has 3 amide bonds. The predicted octanol–water partition coefficient (Wildman–Crippen LogP) is 1.86. The SMILES string of the molecule is CC(C)CC[C@@H]1NC(=O)[C@H](Cc2cn(C(=O)OC(C)(C)C)c3ccccc23)NC(=O)CNC2(CNC1=O)COC2. The Morgan fingerprint density at radius 1 is 1.10 bits per heavy atom. The fourth-order valence-corrected chi connectivity index (χ4v) is 4.85. The minimum absolute atomic E-state index is 0.0422. The number of hydrogen-bond donors (Lipinski definition) is 4. The van der Waals surface area contributed by atoms with Crippen LogP contribution in [0.2, 0.25) is 0 Å². The van der Waals surface area contributed by atoms with Crippen molar-refractivity contribution in [1.29, 1.82) is 0 Å². The molecule has 2 saturated heterocycles. The van der Waals surface area contributed by atoms with Gasteiger partial charge in [-0.3, -0.25) is 24.3 Å². The molecule has 0 saturated carbocycles. The minimum Gasteiger partial charge on any atom is -0.443 e. The molecule has 0 radical (unpaired) electrons. The molecule has 40 heavy (non-hydrogen) atoms. The van der Waals surface area contributed by atoms with Gasteiger partial charge in [0.1, 0.15) is 17.7 Å². The number of nitrogens with zero attached hydrogens (tertiary/aromatic N) is 1. The molecule has 0 unspecified atom stereocenters. The summed E-state index contributed by atoms with van der Waals surface area (Å²) in [4.78, 5) is 52.8. The fourth-order valence-electron chi connectivity index (χ4n) is 4.85. The van der Waals surface area contributed by atoms with Crippen molar-refractivity contribution < 1.29 is 28.7 Å². The second kappa shape index (κ2) is 12.0. The number of hydrogen-bond acceptors (Lipinski definition) is 7. The summed E-state index contributed by atoms with van der Waals surface area (Å²) in [6.07, 6.45) is 2.43. The van der Waals surface area contributed by atoms with Crippen LogP contribution in [-0.2, 0) is 30.3 Å². The van der Waals surface area contributed by atoms with Gasteiger partial charge in [-0.05, 0) is 51.2 Å². The minimum atomic E-state index is -0.977. The molecule has 1 aromatic heterocycles. The van der Waals surface area contributed by atoms with Crippen LogP contribution in [0.15, 0.2) is 30.5 Å². The van der Waals surface area contributed by atoms with Gasteiger partial charge in [-0.25, -0.2) is 4.79 Å². The van der Waals surface area contributed by atoms with E-state index in [1.165, 1.54) is 4.57 Å². The molecule has 0 aliphatic carbocycles. The third-order valence-electron chi connectivity index (χ3n) is 7.11. The third-order valence-corrected chi connectivity index (χ3v) is 7.11. The van der Waals surface area contributed by atoms with Crippen LogP contribution in [0.4, 0.5) is 4.79 Å². The molecule has 11 nitrogen and oxygen atoms in total. The summed E-state index contributed by atoms with van der Waals surface area (Å²) >= 11 is 0. The average Bonchev–Trinajstić information content (AvgIpc) is 3.22. The number of para-hydroxylation sites is 1. The largest absolute Gasteiger partial charge is 0.443 e. The van der Waals surface area contributed by atoms with E-state index in [1.807, 2.05) is 18.2 Å². The molecule has 1 spiro atoms. The quantitative estimate of drug-likeness (QED) is 0.442. The first-order valence-corrected chi connectivity index (χ1v) is 13.9. The maximum atomic E-state index is 13.6. The summed E-state index contributed by atoms with van der Waals surface area (Å²) in [6.45, 7) is 10.5. The second-order valence-corrected chi connectivity index (χ2v) is 12.2. The van der Waals surface area contributed by atoms with Crippen molar-refractivity contribution in [2.45, 2.75) is 77.1 Å². The molecule has 2 aromatic rings. The van der Waals surface area contributed by atoms with E-state index in [9.17, 15) is 19.2 Å². The number of amides is 3. The number of fused-ring (bicyclic) bond motifs is 1. The Balaban J connectivity index is 1.64. The number of ether oxygens (including phenoxy) is 2. The molecular formula is C29H41N5O6. The molecule has 2 aliphatic rings. The molecular weight excluding hydrogens is 514 g/mol. The van der Waals surface area contributed by atoms with Gasteiger partial charge in [0, 0.05) is 24.5 Å². The third kappa shape index (κ3) is 7.19. The van der Waals surface area contributed by atoms with E-state index in [4.69, 9.17) is 9.47 Å². The number of rotatable bonds is 5. The number of aromatic nitrogens is 1. The van der Waals surface area contributed by atoms with Crippen LogP contribution in [0, 0.1) is 5.92 Å². The van der Waals surface area contributed by atoms with Gasteiger partial charge in [0.05, 0.1) is 30.8 Å². The highest BCUT2D eigenvalue weighted by molar-refractivity contribution is 5.95. The molecule has 0 bridgehead atoms. The molecule has 2 fully saturated rings. The van der Waals surface area contributed by atoms with Crippen molar-refractivity contribution in [2.24, 2.45) is 5.92 Å². The Hall–Kier alpha value is -3.44. The number of benzene rings is 1. The zero-order valence-electron chi connectivity index (χ0n) is 24.0. The van der Waals surface area contributed by atoms with Crippen molar-refractivity contribution in [3.8, 4) is 0 Å². The normalized spacial score (nSPS) is 22.1. The van der Waals surface area contributed by atoms with E-state index >= 15 is 0 Å². The lowest BCUT2D eigenvalue weighted by Crippen LogP contribution is -2.69. The topological polar surface area (TPSA) is 140 Å². The van der Waals surface area contributed by atoms with E-state index < -0.39 is 35.2 Å². The van der Waals surface area contributed by atoms with E-state index in [2.05, 4.69) is 35.1 Å². The van der Waals surface area contributed by atoms with Gasteiger partial charge in [-0.1, -0.05) is 32.0 Å². The Bertz CT molecular complexity index is 1260. The lowest BCUT2D eigenvalue weighted by atomic mass is 9.96. The second-order valence-electron chi connectivity index (χ2n) is 12.2. The van der Waals surface area contributed by atoms with Gasteiger partial charge in [0.2, 0.25) is 17.7 Å². The molecule has 11 heteroatoms. The standard InChI is InChI=1S/C29H41N5O6/c1-18(2)10-11-21-25(36)30-15-29(16-39-17-29)31-13-24(35)32-22(26(37)33-21)12-19-14-34(27(38)40-28(3,4)5)23-9-7-6-8-20(19)23/h6-9,14,18,21-22,31H,10-13,15-17H2,1-5H3,(H,30,36)(H,32,35)(H,33,37)/t21-,22-/m0/s1. The first kappa shape index (κ1) is 29.5. The predicted molar refractivity (Wildman–Crippen MR) is 150 cm³/mol. The highest BCUT2D eigenvalue weighted by Crippen LogP contribution is 2.24. The molecule has 4 N–H and O–H groups in total. The summed E-state index contributed by atoms with van der Waals surface area (Å²) in [5, 5.41) is 12.6. The van der Waals surface area contributed by atoms with Gasteiger partial charge >= 0.3 is 6.09 Å². The van der Waals surface area contributed by atoms with Gasteiger partial charge in [-0.15, -0.1) is 0 Å². The van der Waals surface area contributed by atoms with E-state index in [-0.39, 0.29) is 24.8 Å². The Kier molecular flexibility index (Phi) is 8.84. The highest BCUT2D eigenvalue weighted by Gasteiger charge is 2.40. The molecule has 1 aromatic carbocycles. The average molecular weight is 556 g/mol. The van der Waals surface area contributed by atoms with Crippen LogP contribution in [0.3, 0.4) is 0 Å². The molecule has 2 aliphatic heterocycles. The van der Waals surface area contributed by atoms with Crippen LogP contribution in [0.1, 0.15) is 53.0 Å². The van der Waals surface area contributed by atoms with Gasteiger partial charge in [0.15, 0.2) is 0 Å². The van der Waals surface area contributed by atoms with Crippen LogP contribution < -0.4 is 21.3 Å². The molecule has 3 heterocycles. The molecule has 4 rings (SSSR count). The maximum Gasteiger partial charge on any atom is 0.419 e. The Morgan fingerprint density at radius 2 is 1.82 bits per heavy atom. The summed E-state index contributed by atoms with van der Waals surface area (Å²) in [5.74, 6) is -0.746. The van der Waals surface area contributed by atoms with Crippen LogP contribution in [0.25, 0.3) is 10.9 Å². The van der Waals surface area contributed by atoms with Gasteiger partial charge in [0.25, 0.3) is 0 Å².